The van der Waals surface area contributed by atoms with Crippen LogP contribution in [0.4, 0.5) is 10.2 Å². The number of aromatic nitrogens is 4. The Balaban J connectivity index is 1.28. The highest BCUT2D eigenvalue weighted by molar-refractivity contribution is 5.85. The quantitative estimate of drug-likeness (QED) is 0.498. The van der Waals surface area contributed by atoms with Gasteiger partial charge in [0.1, 0.15) is 23.6 Å². The van der Waals surface area contributed by atoms with E-state index >= 15 is 0 Å². The fourth-order valence-corrected chi connectivity index (χ4v) is 5.32. The van der Waals surface area contributed by atoms with E-state index in [9.17, 15) is 9.18 Å². The van der Waals surface area contributed by atoms with E-state index < -0.39 is 6.17 Å². The number of hydrogen-bond donors (Lipinski definition) is 1. The Labute approximate surface area is 212 Å². The Kier molecular flexibility index (Phi) is 7.51. The van der Waals surface area contributed by atoms with Gasteiger partial charge in [0.15, 0.2) is 0 Å². The number of ketones is 1. The van der Waals surface area contributed by atoms with Crippen LogP contribution in [0.2, 0.25) is 0 Å². The van der Waals surface area contributed by atoms with Gasteiger partial charge in [-0.2, -0.15) is 0 Å². The molecule has 0 atom stereocenters. The highest BCUT2D eigenvalue weighted by atomic mass is 19.1. The average molecular weight is 491 g/mol. The molecule has 1 aliphatic heterocycles. The summed E-state index contributed by atoms with van der Waals surface area (Å²) in [5.41, 5.74) is 2.48. The molecule has 1 saturated heterocycles. The number of carbonyl (C=O) groups excluding carboxylic acids is 1. The zero-order chi connectivity index (χ0) is 25.1. The molecule has 0 amide bonds. The van der Waals surface area contributed by atoms with Crippen molar-refractivity contribution in [3.8, 4) is 11.3 Å². The van der Waals surface area contributed by atoms with Crippen molar-refractivity contribution in [1.82, 2.24) is 24.8 Å². The molecule has 0 radical (unpaired) electrons. The van der Waals surface area contributed by atoms with Crippen molar-refractivity contribution in [2.75, 3.05) is 18.4 Å². The van der Waals surface area contributed by atoms with E-state index in [0.29, 0.717) is 43.6 Å². The number of nitrogens with one attached hydrogen (secondary N) is 1. The minimum atomic E-state index is -0.765. The van der Waals surface area contributed by atoms with E-state index in [-0.39, 0.29) is 18.1 Å². The van der Waals surface area contributed by atoms with Gasteiger partial charge in [-0.05, 0) is 58.4 Å². The Bertz CT molecular complexity index is 1200. The summed E-state index contributed by atoms with van der Waals surface area (Å²) < 4.78 is 13.4. The lowest BCUT2D eigenvalue weighted by atomic mass is 9.84. The third-order valence-electron chi connectivity index (χ3n) is 7.62. The lowest BCUT2D eigenvalue weighted by molar-refractivity contribution is -0.123. The summed E-state index contributed by atoms with van der Waals surface area (Å²) in [5, 5.41) is 4.47. The van der Waals surface area contributed by atoms with Crippen LogP contribution in [0.15, 0.2) is 36.8 Å². The molecule has 2 aliphatic rings. The molecule has 5 rings (SSSR count). The minimum absolute atomic E-state index is 0.0780. The largest absolute Gasteiger partial charge is 0.366 e. The molecule has 0 spiro atoms. The summed E-state index contributed by atoms with van der Waals surface area (Å²) in [6.45, 7) is 6.68. The maximum atomic E-state index is 13.4. The van der Waals surface area contributed by atoms with Gasteiger partial charge < -0.3 is 10.2 Å². The van der Waals surface area contributed by atoms with Crippen molar-refractivity contribution in [2.24, 2.45) is 5.92 Å². The summed E-state index contributed by atoms with van der Waals surface area (Å²) in [7, 11) is 0. The first-order valence-electron chi connectivity index (χ1n) is 13.2. The molecule has 1 N–H and O–H groups in total. The molecule has 0 unspecified atom stereocenters. The lowest BCUT2D eigenvalue weighted by Gasteiger charge is -2.35. The third kappa shape index (κ3) is 5.86. The Morgan fingerprint density at radius 2 is 1.83 bits per heavy atom. The standard InChI is InChI=1S/C28H35FN6O/c1-18(2)35-11-9-23(10-12-35)32-28-17-30-16-25(34-28)20-3-4-21-15-31-27(33-24(21)13-20)14-26(36)19-5-7-22(29)8-6-19/h3-4,13,15-19,22-23H,5-12,14H2,1-2H3,(H,32,34). The van der Waals surface area contributed by atoms with E-state index in [2.05, 4.69) is 39.0 Å². The first-order chi connectivity index (χ1) is 17.4. The number of fused-ring (bicyclic) bond motifs is 1. The van der Waals surface area contributed by atoms with Gasteiger partial charge in [0, 0.05) is 48.2 Å². The average Bonchev–Trinajstić information content (AvgIpc) is 2.89. The molecule has 2 fully saturated rings. The van der Waals surface area contributed by atoms with Gasteiger partial charge in [-0.15, -0.1) is 0 Å². The Morgan fingerprint density at radius 3 is 2.58 bits per heavy atom. The van der Waals surface area contributed by atoms with Crippen LogP contribution in [-0.2, 0) is 11.2 Å². The Morgan fingerprint density at radius 1 is 1.06 bits per heavy atom. The first-order valence-corrected chi connectivity index (χ1v) is 13.2. The summed E-state index contributed by atoms with van der Waals surface area (Å²) >= 11 is 0. The van der Waals surface area contributed by atoms with Crippen molar-refractivity contribution >= 4 is 22.5 Å². The molecule has 1 aromatic carbocycles. The molecule has 0 bridgehead atoms. The molecule has 36 heavy (non-hydrogen) atoms. The summed E-state index contributed by atoms with van der Waals surface area (Å²) in [5.74, 6) is 1.33. The highest BCUT2D eigenvalue weighted by Crippen LogP contribution is 2.28. The van der Waals surface area contributed by atoms with Gasteiger partial charge in [0.05, 0.1) is 30.0 Å². The van der Waals surface area contributed by atoms with E-state index in [0.717, 1.165) is 53.9 Å². The van der Waals surface area contributed by atoms with E-state index in [1.165, 1.54) is 0 Å². The second kappa shape index (κ2) is 10.9. The van der Waals surface area contributed by atoms with Crippen molar-refractivity contribution < 1.29 is 9.18 Å². The number of alkyl halides is 1. The van der Waals surface area contributed by atoms with Crippen LogP contribution in [0, 0.1) is 5.92 Å². The summed E-state index contributed by atoms with van der Waals surface area (Å²) in [6.07, 6.45) is 9.11. The molecule has 7 nitrogen and oxygen atoms in total. The molecule has 3 aromatic rings. The van der Waals surface area contributed by atoms with Crippen LogP contribution in [0.1, 0.15) is 58.2 Å². The molecule has 1 aliphatic carbocycles. The van der Waals surface area contributed by atoms with Crippen molar-refractivity contribution in [3.63, 3.8) is 0 Å². The predicted molar refractivity (Wildman–Crippen MR) is 139 cm³/mol. The number of carbonyl (C=O) groups is 1. The van der Waals surface area contributed by atoms with Gasteiger partial charge in [-0.1, -0.05) is 12.1 Å². The summed E-state index contributed by atoms with van der Waals surface area (Å²) in [6, 6.07) is 6.94. The van der Waals surface area contributed by atoms with Crippen LogP contribution in [0.25, 0.3) is 22.2 Å². The minimum Gasteiger partial charge on any atom is -0.366 e. The molecule has 1 saturated carbocycles. The van der Waals surface area contributed by atoms with Gasteiger partial charge in [0.25, 0.3) is 0 Å². The number of benzene rings is 1. The molecular formula is C28H35FN6O. The number of rotatable bonds is 7. The number of hydrogen-bond acceptors (Lipinski definition) is 7. The van der Waals surface area contributed by atoms with Crippen LogP contribution in [-0.4, -0.2) is 62.0 Å². The number of halogens is 1. The van der Waals surface area contributed by atoms with Crippen LogP contribution in [0.3, 0.4) is 0 Å². The number of piperidine rings is 1. The SMILES string of the molecule is CC(C)N1CCC(Nc2cncc(-c3ccc4cnc(CC(=O)C5CCC(F)CC5)nc4c3)n2)CC1. The number of likely N-dealkylation sites (tertiary alicyclic amines) is 1. The molecule has 2 aromatic heterocycles. The monoisotopic (exact) mass is 490 g/mol. The van der Waals surface area contributed by atoms with E-state index in [1.54, 1.807) is 18.6 Å². The lowest BCUT2D eigenvalue weighted by Crippen LogP contribution is -2.42. The van der Waals surface area contributed by atoms with Gasteiger partial charge in [-0.25, -0.2) is 19.3 Å². The van der Waals surface area contributed by atoms with Crippen molar-refractivity contribution in [3.05, 3.63) is 42.6 Å². The van der Waals surface area contributed by atoms with Crippen molar-refractivity contribution in [2.45, 2.75) is 77.0 Å². The van der Waals surface area contributed by atoms with E-state index in [4.69, 9.17) is 4.98 Å². The number of Topliss-reactive ketones (excluding diaryl/α,β-unsaturated/α-hetero) is 1. The highest BCUT2D eigenvalue weighted by Gasteiger charge is 2.26. The fraction of sp³-hybridized carbons (Fsp3) is 0.536. The maximum absolute atomic E-state index is 13.4. The first kappa shape index (κ1) is 24.7. The van der Waals surface area contributed by atoms with Gasteiger partial charge in [-0.3, -0.25) is 9.78 Å². The number of nitrogens with zero attached hydrogens (tertiary/aromatic N) is 5. The zero-order valence-electron chi connectivity index (χ0n) is 21.2. The smallest absolute Gasteiger partial charge is 0.145 e. The third-order valence-corrected chi connectivity index (χ3v) is 7.62. The van der Waals surface area contributed by atoms with Gasteiger partial charge >= 0.3 is 0 Å². The predicted octanol–water partition coefficient (Wildman–Crippen LogP) is 5.01. The van der Waals surface area contributed by atoms with E-state index in [1.807, 2.05) is 18.2 Å². The van der Waals surface area contributed by atoms with Crippen LogP contribution in [0.5, 0.6) is 0 Å². The van der Waals surface area contributed by atoms with Gasteiger partial charge in [0.2, 0.25) is 0 Å². The number of anilines is 1. The zero-order valence-corrected chi connectivity index (χ0v) is 21.2. The Hall–Kier alpha value is -3.00. The fourth-order valence-electron chi connectivity index (χ4n) is 5.32. The topological polar surface area (TPSA) is 83.9 Å². The normalized spacial score (nSPS) is 21.7. The second-order valence-electron chi connectivity index (χ2n) is 10.5. The summed E-state index contributed by atoms with van der Waals surface area (Å²) in [4.78, 5) is 33.6. The molecule has 8 heteroatoms. The van der Waals surface area contributed by atoms with Crippen LogP contribution < -0.4 is 5.32 Å². The molecule has 3 heterocycles. The second-order valence-corrected chi connectivity index (χ2v) is 10.5. The van der Waals surface area contributed by atoms with Crippen LogP contribution >= 0.6 is 0 Å². The molecule has 190 valence electrons. The molecular weight excluding hydrogens is 455 g/mol. The maximum Gasteiger partial charge on any atom is 0.145 e. The van der Waals surface area contributed by atoms with Crippen molar-refractivity contribution in [1.29, 1.82) is 0 Å².